The molecule has 0 unspecified atom stereocenters. The number of aryl methyl sites for hydroxylation is 1. The van der Waals surface area contributed by atoms with Crippen LogP contribution in [0.3, 0.4) is 0 Å². The fourth-order valence-electron chi connectivity index (χ4n) is 1.21. The van der Waals surface area contributed by atoms with Crippen LogP contribution >= 0.6 is 0 Å². The Morgan fingerprint density at radius 1 is 1.43 bits per heavy atom. The minimum atomic E-state index is -0.110. The average Bonchev–Trinajstić information content (AvgIpc) is 2.08. The average molecular weight is 192 g/mol. The van der Waals surface area contributed by atoms with E-state index in [4.69, 9.17) is 5.73 Å². The van der Waals surface area contributed by atoms with Gasteiger partial charge in [0.15, 0.2) is 0 Å². The van der Waals surface area contributed by atoms with Crippen molar-refractivity contribution in [1.29, 1.82) is 0 Å². The number of carbonyl (C=O) groups excluding carboxylic acids is 1. The van der Waals surface area contributed by atoms with Crippen LogP contribution in [0.15, 0.2) is 18.2 Å². The molecule has 0 aliphatic carbocycles. The quantitative estimate of drug-likeness (QED) is 0.701. The van der Waals surface area contributed by atoms with E-state index in [1.54, 1.807) is 12.1 Å². The number of nitrogen functional groups attached to an aromatic ring is 1. The molecule has 1 aromatic rings. The van der Waals surface area contributed by atoms with Crippen molar-refractivity contribution in [3.63, 3.8) is 0 Å². The van der Waals surface area contributed by atoms with E-state index in [0.29, 0.717) is 11.3 Å². The maximum Gasteiger partial charge on any atom is 0.253 e. The van der Waals surface area contributed by atoms with E-state index in [0.717, 1.165) is 5.56 Å². The molecule has 0 saturated heterocycles. The molecule has 0 aromatic heterocycles. The van der Waals surface area contributed by atoms with Crippen LogP contribution in [0.5, 0.6) is 0 Å². The number of benzene rings is 1. The molecule has 0 fully saturated rings. The van der Waals surface area contributed by atoms with Gasteiger partial charge in [0, 0.05) is 11.7 Å². The zero-order chi connectivity index (χ0) is 10.7. The van der Waals surface area contributed by atoms with Gasteiger partial charge in [-0.15, -0.1) is 0 Å². The van der Waals surface area contributed by atoms with Gasteiger partial charge >= 0.3 is 0 Å². The summed E-state index contributed by atoms with van der Waals surface area (Å²) in [5.41, 5.74) is 7.82. The maximum absolute atomic E-state index is 11.6. The van der Waals surface area contributed by atoms with Crippen LogP contribution in [-0.4, -0.2) is 11.9 Å². The first-order chi connectivity index (χ1) is 6.50. The molecule has 0 saturated carbocycles. The van der Waals surface area contributed by atoms with E-state index in [1.807, 2.05) is 26.8 Å². The van der Waals surface area contributed by atoms with Crippen molar-refractivity contribution in [3.05, 3.63) is 29.3 Å². The van der Waals surface area contributed by atoms with Crippen LogP contribution in [0.1, 0.15) is 29.8 Å². The number of nitrogens with two attached hydrogens (primary N) is 1. The largest absolute Gasteiger partial charge is 0.398 e. The number of hydrogen-bond acceptors (Lipinski definition) is 2. The summed E-state index contributed by atoms with van der Waals surface area (Å²) in [7, 11) is 0. The van der Waals surface area contributed by atoms with Gasteiger partial charge in [0.25, 0.3) is 5.91 Å². The Labute approximate surface area is 84.3 Å². The molecule has 0 aliphatic heterocycles. The summed E-state index contributed by atoms with van der Waals surface area (Å²) in [6.07, 6.45) is 0. The summed E-state index contributed by atoms with van der Waals surface area (Å²) < 4.78 is 0. The molecule has 76 valence electrons. The van der Waals surface area contributed by atoms with Gasteiger partial charge in [0.1, 0.15) is 0 Å². The minimum Gasteiger partial charge on any atom is -0.398 e. The van der Waals surface area contributed by atoms with Gasteiger partial charge < -0.3 is 11.1 Å². The molecule has 1 amide bonds. The Hall–Kier alpha value is -1.51. The van der Waals surface area contributed by atoms with Crippen molar-refractivity contribution < 1.29 is 4.79 Å². The van der Waals surface area contributed by atoms with Gasteiger partial charge in [-0.1, -0.05) is 11.6 Å². The fraction of sp³-hybridized carbons (Fsp3) is 0.364. The van der Waals surface area contributed by atoms with Crippen LogP contribution in [0.2, 0.25) is 0 Å². The lowest BCUT2D eigenvalue weighted by molar-refractivity contribution is 0.0944. The topological polar surface area (TPSA) is 55.1 Å². The summed E-state index contributed by atoms with van der Waals surface area (Å²) in [5, 5.41) is 2.81. The standard InChI is InChI=1S/C11H16N2O/c1-7(2)13-11(14)9-6-8(3)4-5-10(9)12/h4-7H,12H2,1-3H3,(H,13,14). The van der Waals surface area contributed by atoms with Crippen molar-refractivity contribution in [2.45, 2.75) is 26.8 Å². The van der Waals surface area contributed by atoms with E-state index < -0.39 is 0 Å². The molecule has 1 rings (SSSR count). The van der Waals surface area contributed by atoms with Gasteiger partial charge in [0.2, 0.25) is 0 Å². The number of anilines is 1. The summed E-state index contributed by atoms with van der Waals surface area (Å²) >= 11 is 0. The van der Waals surface area contributed by atoms with Crippen LogP contribution in [0.4, 0.5) is 5.69 Å². The summed E-state index contributed by atoms with van der Waals surface area (Å²) in [6, 6.07) is 5.57. The molecule has 14 heavy (non-hydrogen) atoms. The fourth-order valence-corrected chi connectivity index (χ4v) is 1.21. The van der Waals surface area contributed by atoms with Crippen LogP contribution in [-0.2, 0) is 0 Å². The molecule has 0 bridgehead atoms. The molecule has 1 aromatic carbocycles. The van der Waals surface area contributed by atoms with Crippen LogP contribution in [0.25, 0.3) is 0 Å². The van der Waals surface area contributed by atoms with Crippen molar-refractivity contribution >= 4 is 11.6 Å². The van der Waals surface area contributed by atoms with Crippen LogP contribution in [0, 0.1) is 6.92 Å². The van der Waals surface area contributed by atoms with Crippen molar-refractivity contribution in [2.75, 3.05) is 5.73 Å². The number of hydrogen-bond donors (Lipinski definition) is 2. The minimum absolute atomic E-state index is 0.110. The number of nitrogens with one attached hydrogen (secondary N) is 1. The first kappa shape index (κ1) is 10.6. The van der Waals surface area contributed by atoms with Gasteiger partial charge in [-0.05, 0) is 32.9 Å². The lowest BCUT2D eigenvalue weighted by Gasteiger charge is -2.10. The van der Waals surface area contributed by atoms with Gasteiger partial charge in [-0.2, -0.15) is 0 Å². The van der Waals surface area contributed by atoms with E-state index in [1.165, 1.54) is 0 Å². The number of amides is 1. The van der Waals surface area contributed by atoms with Crippen LogP contribution < -0.4 is 11.1 Å². The third-order valence-corrected chi connectivity index (χ3v) is 1.87. The molecule has 3 nitrogen and oxygen atoms in total. The highest BCUT2D eigenvalue weighted by Crippen LogP contribution is 2.13. The Morgan fingerprint density at radius 2 is 2.07 bits per heavy atom. The lowest BCUT2D eigenvalue weighted by atomic mass is 10.1. The van der Waals surface area contributed by atoms with Gasteiger partial charge in [-0.3, -0.25) is 4.79 Å². The Bertz CT molecular complexity index is 345. The Balaban J connectivity index is 2.94. The highest BCUT2D eigenvalue weighted by molar-refractivity contribution is 5.99. The first-order valence-corrected chi connectivity index (χ1v) is 4.67. The Morgan fingerprint density at radius 3 is 2.64 bits per heavy atom. The third-order valence-electron chi connectivity index (χ3n) is 1.87. The zero-order valence-corrected chi connectivity index (χ0v) is 8.79. The SMILES string of the molecule is Cc1ccc(N)c(C(=O)NC(C)C)c1. The maximum atomic E-state index is 11.6. The highest BCUT2D eigenvalue weighted by Gasteiger charge is 2.10. The molecular weight excluding hydrogens is 176 g/mol. The van der Waals surface area contributed by atoms with Gasteiger partial charge in [-0.25, -0.2) is 0 Å². The van der Waals surface area contributed by atoms with Crippen molar-refractivity contribution in [3.8, 4) is 0 Å². The predicted molar refractivity (Wildman–Crippen MR) is 58.2 cm³/mol. The second-order valence-electron chi connectivity index (χ2n) is 3.72. The summed E-state index contributed by atoms with van der Waals surface area (Å²) in [5.74, 6) is -0.110. The van der Waals surface area contributed by atoms with E-state index in [2.05, 4.69) is 5.32 Å². The highest BCUT2D eigenvalue weighted by atomic mass is 16.1. The normalized spacial score (nSPS) is 10.3. The molecule has 0 radical (unpaired) electrons. The number of rotatable bonds is 2. The summed E-state index contributed by atoms with van der Waals surface area (Å²) in [6.45, 7) is 5.78. The molecule has 0 atom stereocenters. The van der Waals surface area contributed by atoms with Crippen molar-refractivity contribution in [1.82, 2.24) is 5.32 Å². The molecule has 0 spiro atoms. The van der Waals surface area contributed by atoms with E-state index >= 15 is 0 Å². The molecular formula is C11H16N2O. The third kappa shape index (κ3) is 2.49. The van der Waals surface area contributed by atoms with E-state index in [9.17, 15) is 4.79 Å². The smallest absolute Gasteiger partial charge is 0.253 e. The van der Waals surface area contributed by atoms with Gasteiger partial charge in [0.05, 0.1) is 5.56 Å². The zero-order valence-electron chi connectivity index (χ0n) is 8.79. The lowest BCUT2D eigenvalue weighted by Crippen LogP contribution is -2.30. The Kier molecular flexibility index (Phi) is 3.12. The summed E-state index contributed by atoms with van der Waals surface area (Å²) in [4.78, 5) is 11.6. The second-order valence-corrected chi connectivity index (χ2v) is 3.72. The molecule has 0 heterocycles. The second kappa shape index (κ2) is 4.13. The molecule has 0 aliphatic rings. The molecule has 3 N–H and O–H groups in total. The molecule has 3 heteroatoms. The predicted octanol–water partition coefficient (Wildman–Crippen LogP) is 1.72. The number of carbonyl (C=O) groups is 1. The van der Waals surface area contributed by atoms with E-state index in [-0.39, 0.29) is 11.9 Å². The monoisotopic (exact) mass is 192 g/mol. The first-order valence-electron chi connectivity index (χ1n) is 4.67. The van der Waals surface area contributed by atoms with Crippen molar-refractivity contribution in [2.24, 2.45) is 0 Å².